The van der Waals surface area contributed by atoms with Crippen LogP contribution >= 0.6 is 0 Å². The summed E-state index contributed by atoms with van der Waals surface area (Å²) < 4.78 is 1.24. The number of hydrogen-bond donors (Lipinski definition) is 1. The molecule has 4 N–H and O–H groups in total. The van der Waals surface area contributed by atoms with Gasteiger partial charge in [-0.3, -0.25) is 0 Å². The van der Waals surface area contributed by atoms with Crippen molar-refractivity contribution >= 4 is 0 Å². The highest BCUT2D eigenvalue weighted by Gasteiger charge is 2.13. The predicted octanol–water partition coefficient (Wildman–Crippen LogP) is 0.907. The molecule has 0 unspecified atom stereocenters. The average Bonchev–Trinajstić information content (AvgIpc) is 2.79. The third-order valence-electron chi connectivity index (χ3n) is 6.52. The van der Waals surface area contributed by atoms with Crippen LogP contribution in [0.3, 0.4) is 0 Å². The van der Waals surface area contributed by atoms with Crippen LogP contribution in [0.4, 0.5) is 0 Å². The maximum absolute atomic E-state index is 2.43. The van der Waals surface area contributed by atoms with Gasteiger partial charge in [-0.05, 0) is 25.7 Å². The van der Waals surface area contributed by atoms with Gasteiger partial charge in [0, 0.05) is 5.56 Å². The first kappa shape index (κ1) is 41.8. The molecule has 35 heavy (non-hydrogen) atoms. The van der Waals surface area contributed by atoms with Crippen molar-refractivity contribution in [1.82, 2.24) is 0 Å². The Morgan fingerprint density at radius 3 is 1.26 bits per heavy atom. The number of nitrogens with zero attached hydrogens (tertiary/aromatic N) is 1. The van der Waals surface area contributed by atoms with Gasteiger partial charge in [0.2, 0.25) is 0 Å². The quantitative estimate of drug-likeness (QED) is 0.190. The summed E-state index contributed by atoms with van der Waals surface area (Å²) in [5, 5.41) is 2.16. The molecule has 0 atom stereocenters. The molecule has 1 aromatic carbocycles. The van der Waals surface area contributed by atoms with Gasteiger partial charge < -0.3 is 40.1 Å². The number of halogens is 2. The van der Waals surface area contributed by atoms with Crippen LogP contribution in [-0.2, 0) is 6.54 Å². The van der Waals surface area contributed by atoms with E-state index in [0.29, 0.717) is 0 Å². The van der Waals surface area contributed by atoms with Crippen LogP contribution in [0.1, 0.15) is 122 Å². The van der Waals surface area contributed by atoms with Crippen molar-refractivity contribution in [2.45, 2.75) is 123 Å². The minimum absolute atomic E-state index is 0. The van der Waals surface area contributed by atoms with Crippen molar-refractivity contribution in [2.24, 2.45) is 0 Å². The maximum atomic E-state index is 2.43. The van der Waals surface area contributed by atoms with Gasteiger partial charge in [0.15, 0.2) is 0 Å². The highest BCUT2D eigenvalue weighted by atomic mass is 35.5. The number of nitrogens with two attached hydrogens (primary N) is 1. The third kappa shape index (κ3) is 31.7. The van der Waals surface area contributed by atoms with E-state index in [4.69, 9.17) is 0 Å². The first-order valence-electron chi connectivity index (χ1n) is 14.2. The number of hydrogen-bond acceptors (Lipinski definition) is 0. The van der Waals surface area contributed by atoms with Crippen molar-refractivity contribution in [3.8, 4) is 0 Å². The third-order valence-corrected chi connectivity index (χ3v) is 6.52. The molecule has 0 radical (unpaired) electrons. The predicted molar refractivity (Wildman–Crippen MR) is 149 cm³/mol. The Kier molecular flexibility index (Phi) is 37.9. The highest BCUT2D eigenvalue weighted by Crippen LogP contribution is 2.13. The molecule has 3 nitrogen and oxygen atoms in total. The van der Waals surface area contributed by atoms with Crippen LogP contribution in [0.15, 0.2) is 30.3 Å². The highest BCUT2D eigenvalue weighted by molar-refractivity contribution is 5.12. The molecule has 0 aliphatic heterocycles. The van der Waals surface area contributed by atoms with Crippen LogP contribution in [0.25, 0.3) is 0 Å². The van der Waals surface area contributed by atoms with Crippen LogP contribution in [0.5, 0.6) is 0 Å². The fourth-order valence-corrected chi connectivity index (χ4v) is 4.31. The molecule has 0 aromatic heterocycles. The molecule has 1 rings (SSSR count). The first-order valence-corrected chi connectivity index (χ1v) is 14.2. The van der Waals surface area contributed by atoms with E-state index in [1.54, 1.807) is 0 Å². The van der Waals surface area contributed by atoms with Crippen LogP contribution in [-0.4, -0.2) is 44.2 Å². The number of unbranched alkanes of at least 4 members (excludes halogenated alkanes) is 14. The standard InChI is InChI=1S/C22H48N.C8H11N.2ClH.H2O/c1-5-7-9-11-13-15-17-19-21-23(3,4)22-20-18-16-14-12-10-8-6-2;1-9-7-8-5-3-2-4-6-8;;;/h5-22H2,1-4H3;2-6,9H,7H2,1H3;2*1H;1H2/q+1;;;;/p-1. The second kappa shape index (κ2) is 31.7. The minimum Gasteiger partial charge on any atom is -1.00 e. The van der Waals surface area contributed by atoms with Gasteiger partial charge >= 0.3 is 0 Å². The summed E-state index contributed by atoms with van der Waals surface area (Å²) in [6.45, 7) is 8.44. The van der Waals surface area contributed by atoms with Crippen LogP contribution in [0, 0.1) is 0 Å². The Labute approximate surface area is 233 Å². The van der Waals surface area contributed by atoms with E-state index in [1.165, 1.54) is 126 Å². The minimum atomic E-state index is 0. The van der Waals surface area contributed by atoms with E-state index in [2.05, 4.69) is 64.6 Å². The molecular weight excluding hydrogens is 475 g/mol. The zero-order valence-corrected chi connectivity index (χ0v) is 25.6. The normalized spacial score (nSPS) is 10.3. The second-order valence-corrected chi connectivity index (χ2v) is 10.4. The molecule has 0 aliphatic rings. The Morgan fingerprint density at radius 2 is 0.914 bits per heavy atom. The lowest BCUT2D eigenvalue weighted by Crippen LogP contribution is -3.00. The van der Waals surface area contributed by atoms with Gasteiger partial charge in [0.05, 0.1) is 34.2 Å². The first-order chi connectivity index (χ1) is 15.6. The molecule has 0 heterocycles. The fraction of sp³-hybridized carbons (Fsp3) is 0.800. The molecule has 0 saturated carbocycles. The van der Waals surface area contributed by atoms with Gasteiger partial charge in [0.25, 0.3) is 0 Å². The summed E-state index contributed by atoms with van der Waals surface area (Å²) in [5.41, 5.74) is 1.39. The van der Waals surface area contributed by atoms with E-state index in [0.717, 1.165) is 6.54 Å². The molecule has 0 spiro atoms. The Bertz CT molecular complexity index is 465. The summed E-state index contributed by atoms with van der Waals surface area (Å²) in [4.78, 5) is 0. The molecule has 1 aromatic rings. The van der Waals surface area contributed by atoms with Gasteiger partial charge in [-0.25, -0.2) is 0 Å². The van der Waals surface area contributed by atoms with Gasteiger partial charge in [-0.2, -0.15) is 0 Å². The van der Waals surface area contributed by atoms with E-state index in [-0.39, 0.29) is 30.3 Å². The van der Waals surface area contributed by atoms with Crippen molar-refractivity contribution in [3.05, 3.63) is 35.9 Å². The van der Waals surface area contributed by atoms with E-state index >= 15 is 0 Å². The van der Waals surface area contributed by atoms with Crippen molar-refractivity contribution in [2.75, 3.05) is 34.2 Å². The summed E-state index contributed by atoms with van der Waals surface area (Å²) in [5.74, 6) is 0. The molecule has 0 fully saturated rings. The molecule has 0 saturated heterocycles. The fourth-order valence-electron chi connectivity index (χ4n) is 4.31. The van der Waals surface area contributed by atoms with Gasteiger partial charge in [-0.1, -0.05) is 121 Å². The van der Waals surface area contributed by atoms with Gasteiger partial charge in [-0.15, -0.1) is 0 Å². The van der Waals surface area contributed by atoms with Crippen molar-refractivity contribution in [3.63, 3.8) is 0 Å². The number of quaternary nitrogens is 2. The zero-order valence-electron chi connectivity index (χ0n) is 24.1. The summed E-state index contributed by atoms with van der Waals surface area (Å²) in [7, 11) is 6.94. The summed E-state index contributed by atoms with van der Waals surface area (Å²) in [6.07, 6.45) is 23.0. The van der Waals surface area contributed by atoms with E-state index in [1.807, 2.05) is 6.07 Å². The molecule has 0 amide bonds. The maximum Gasteiger partial charge on any atom is 0.101 e. The van der Waals surface area contributed by atoms with Crippen molar-refractivity contribution in [1.29, 1.82) is 0 Å². The number of benzene rings is 1. The largest absolute Gasteiger partial charge is 1.00 e. The molecule has 0 bridgehead atoms. The smallest absolute Gasteiger partial charge is 0.101 e. The second-order valence-electron chi connectivity index (χ2n) is 10.4. The van der Waals surface area contributed by atoms with Gasteiger partial charge in [0.1, 0.15) is 6.54 Å². The lowest BCUT2D eigenvalue weighted by Gasteiger charge is -2.30. The SMILES string of the molecule is CCCCCCCCCC[N+](C)(C)CCCCCCCCCC.C[NH2+]Cc1ccccc1.O.[Cl-].[Cl-]. The topological polar surface area (TPSA) is 48.1 Å². The molecule has 212 valence electrons. The lowest BCUT2D eigenvalue weighted by atomic mass is 10.1. The van der Waals surface area contributed by atoms with Crippen LogP contribution in [0.2, 0.25) is 0 Å². The Balaban J connectivity index is -0.000000338. The molecular formula is C30H62Cl2N2O. The van der Waals surface area contributed by atoms with Crippen molar-refractivity contribution < 1.29 is 40.1 Å². The zero-order chi connectivity index (χ0) is 23.8. The van der Waals surface area contributed by atoms with Crippen LogP contribution < -0.4 is 30.1 Å². The Morgan fingerprint density at radius 1 is 0.571 bits per heavy atom. The summed E-state index contributed by atoms with van der Waals surface area (Å²) >= 11 is 0. The monoisotopic (exact) mass is 536 g/mol. The van der Waals surface area contributed by atoms with E-state index in [9.17, 15) is 0 Å². The summed E-state index contributed by atoms with van der Waals surface area (Å²) in [6, 6.07) is 10.5. The van der Waals surface area contributed by atoms with E-state index < -0.39 is 0 Å². The molecule has 0 aliphatic carbocycles. The molecule has 5 heteroatoms. The lowest BCUT2D eigenvalue weighted by molar-refractivity contribution is -0.890. The Hall–Kier alpha value is -0.320. The number of rotatable bonds is 20. The average molecular weight is 538 g/mol.